The SMILES string of the molecule is CC1(F)CN(C(=O)N2CCC(n3cc4ccc(Cl)nc4n3)CC2)C1. The average molecular weight is 352 g/mol. The van der Waals surface area contributed by atoms with E-state index in [2.05, 4.69) is 10.1 Å². The fourth-order valence-electron chi connectivity index (χ4n) is 3.49. The molecule has 0 spiro atoms. The lowest BCUT2D eigenvalue weighted by Crippen LogP contribution is -2.62. The minimum atomic E-state index is -1.22. The molecule has 0 atom stereocenters. The zero-order chi connectivity index (χ0) is 16.9. The van der Waals surface area contributed by atoms with Gasteiger partial charge in [0.2, 0.25) is 0 Å². The van der Waals surface area contributed by atoms with E-state index in [1.807, 2.05) is 21.8 Å². The quantitative estimate of drug-likeness (QED) is 0.742. The fraction of sp³-hybridized carbons (Fsp3) is 0.562. The van der Waals surface area contributed by atoms with Gasteiger partial charge in [0.15, 0.2) is 5.65 Å². The number of carbonyl (C=O) groups is 1. The molecule has 2 saturated heterocycles. The Morgan fingerprint density at radius 2 is 2.00 bits per heavy atom. The number of pyridine rings is 1. The molecule has 0 N–H and O–H groups in total. The number of aromatic nitrogens is 3. The van der Waals surface area contributed by atoms with Crippen LogP contribution in [0.4, 0.5) is 9.18 Å². The van der Waals surface area contributed by atoms with Gasteiger partial charge in [0.05, 0.1) is 19.1 Å². The van der Waals surface area contributed by atoms with Gasteiger partial charge in [-0.1, -0.05) is 11.6 Å². The van der Waals surface area contributed by atoms with Crippen molar-refractivity contribution in [3.8, 4) is 0 Å². The first-order valence-electron chi connectivity index (χ1n) is 8.15. The van der Waals surface area contributed by atoms with Crippen LogP contribution in [0.2, 0.25) is 5.15 Å². The van der Waals surface area contributed by atoms with Crippen LogP contribution in [0.3, 0.4) is 0 Å². The number of fused-ring (bicyclic) bond motifs is 1. The first-order valence-corrected chi connectivity index (χ1v) is 8.53. The molecule has 2 aromatic heterocycles. The van der Waals surface area contributed by atoms with E-state index in [0.717, 1.165) is 18.2 Å². The molecule has 0 aromatic carbocycles. The molecule has 128 valence electrons. The largest absolute Gasteiger partial charge is 0.324 e. The van der Waals surface area contributed by atoms with Gasteiger partial charge < -0.3 is 9.80 Å². The fourth-order valence-corrected chi connectivity index (χ4v) is 3.63. The van der Waals surface area contributed by atoms with Crippen LogP contribution in [0.25, 0.3) is 11.0 Å². The molecule has 0 aliphatic carbocycles. The second-order valence-electron chi connectivity index (χ2n) is 6.93. The van der Waals surface area contributed by atoms with Crippen molar-refractivity contribution in [3.63, 3.8) is 0 Å². The average Bonchev–Trinajstić information content (AvgIpc) is 2.95. The molecule has 2 aliphatic heterocycles. The predicted octanol–water partition coefficient (Wildman–Crippen LogP) is 2.89. The Balaban J connectivity index is 1.39. The Bertz CT molecular complexity index is 776. The van der Waals surface area contributed by atoms with Gasteiger partial charge in [-0.15, -0.1) is 0 Å². The summed E-state index contributed by atoms with van der Waals surface area (Å²) in [6.07, 6.45) is 3.63. The molecule has 2 aliphatic rings. The Kier molecular flexibility index (Phi) is 3.63. The van der Waals surface area contributed by atoms with Crippen molar-refractivity contribution in [2.45, 2.75) is 31.5 Å². The lowest BCUT2D eigenvalue weighted by molar-refractivity contribution is -0.00388. The summed E-state index contributed by atoms with van der Waals surface area (Å²) in [4.78, 5) is 19.9. The molecule has 2 aromatic rings. The van der Waals surface area contributed by atoms with Crippen LogP contribution in [0.15, 0.2) is 18.3 Å². The van der Waals surface area contributed by atoms with E-state index in [0.29, 0.717) is 23.9 Å². The number of rotatable bonds is 1. The number of hydrogen-bond donors (Lipinski definition) is 0. The minimum Gasteiger partial charge on any atom is -0.324 e. The molecule has 2 amide bonds. The van der Waals surface area contributed by atoms with Crippen molar-refractivity contribution in [2.24, 2.45) is 0 Å². The number of likely N-dealkylation sites (tertiary alicyclic amines) is 2. The highest BCUT2D eigenvalue weighted by Crippen LogP contribution is 2.29. The van der Waals surface area contributed by atoms with Gasteiger partial charge in [0.1, 0.15) is 10.8 Å². The standard InChI is InChI=1S/C16H19ClFN5O/c1-16(18)9-22(10-16)15(24)21-6-4-12(5-7-21)23-8-11-2-3-13(17)19-14(11)20-23/h2-3,8,12H,4-7,9-10H2,1H3. The Morgan fingerprint density at radius 1 is 1.29 bits per heavy atom. The minimum absolute atomic E-state index is 0.0531. The summed E-state index contributed by atoms with van der Waals surface area (Å²) in [6, 6.07) is 3.85. The maximum atomic E-state index is 13.6. The van der Waals surface area contributed by atoms with E-state index < -0.39 is 5.67 Å². The van der Waals surface area contributed by atoms with Gasteiger partial charge in [-0.25, -0.2) is 14.2 Å². The summed E-state index contributed by atoms with van der Waals surface area (Å²) in [6.45, 7) is 3.25. The van der Waals surface area contributed by atoms with E-state index >= 15 is 0 Å². The summed E-state index contributed by atoms with van der Waals surface area (Å²) < 4.78 is 15.5. The van der Waals surface area contributed by atoms with Gasteiger partial charge in [-0.2, -0.15) is 5.10 Å². The molecule has 0 bridgehead atoms. The van der Waals surface area contributed by atoms with Gasteiger partial charge in [-0.3, -0.25) is 4.68 Å². The van der Waals surface area contributed by atoms with Gasteiger partial charge >= 0.3 is 6.03 Å². The Hall–Kier alpha value is -1.89. The van der Waals surface area contributed by atoms with Crippen molar-refractivity contribution in [1.82, 2.24) is 24.6 Å². The third kappa shape index (κ3) is 2.81. The molecular formula is C16H19ClFN5O. The highest BCUT2D eigenvalue weighted by atomic mass is 35.5. The molecule has 0 unspecified atom stereocenters. The molecule has 2 fully saturated rings. The van der Waals surface area contributed by atoms with Crippen LogP contribution in [0.1, 0.15) is 25.8 Å². The van der Waals surface area contributed by atoms with Gasteiger partial charge in [0, 0.05) is 24.7 Å². The van der Waals surface area contributed by atoms with Crippen molar-refractivity contribution in [2.75, 3.05) is 26.2 Å². The normalized spacial score (nSPS) is 21.1. The zero-order valence-electron chi connectivity index (χ0n) is 13.5. The molecule has 4 rings (SSSR count). The Labute approximate surface area is 144 Å². The number of halogens is 2. The summed E-state index contributed by atoms with van der Waals surface area (Å²) in [5, 5.41) is 5.90. The second-order valence-corrected chi connectivity index (χ2v) is 7.31. The van der Waals surface area contributed by atoms with E-state index in [-0.39, 0.29) is 25.2 Å². The van der Waals surface area contributed by atoms with Crippen molar-refractivity contribution in [3.05, 3.63) is 23.5 Å². The molecule has 8 heteroatoms. The number of nitrogens with zero attached hydrogens (tertiary/aromatic N) is 5. The summed E-state index contributed by atoms with van der Waals surface area (Å²) in [5.74, 6) is 0. The Morgan fingerprint density at radius 3 is 2.67 bits per heavy atom. The van der Waals surface area contributed by atoms with E-state index in [1.165, 1.54) is 6.92 Å². The third-order valence-electron chi connectivity index (χ3n) is 4.77. The monoisotopic (exact) mass is 351 g/mol. The third-order valence-corrected chi connectivity index (χ3v) is 4.98. The highest BCUT2D eigenvalue weighted by Gasteiger charge is 2.43. The molecule has 4 heterocycles. The van der Waals surface area contributed by atoms with Crippen LogP contribution >= 0.6 is 11.6 Å². The maximum absolute atomic E-state index is 13.6. The van der Waals surface area contributed by atoms with Crippen LogP contribution in [-0.2, 0) is 0 Å². The van der Waals surface area contributed by atoms with E-state index in [9.17, 15) is 9.18 Å². The molecular weight excluding hydrogens is 333 g/mol. The second kappa shape index (κ2) is 5.58. The lowest BCUT2D eigenvalue weighted by atomic mass is 9.99. The first kappa shape index (κ1) is 15.6. The van der Waals surface area contributed by atoms with Crippen molar-refractivity contribution >= 4 is 28.7 Å². The van der Waals surface area contributed by atoms with Crippen LogP contribution < -0.4 is 0 Å². The molecule has 24 heavy (non-hydrogen) atoms. The van der Waals surface area contributed by atoms with Crippen LogP contribution in [-0.4, -0.2) is 62.4 Å². The van der Waals surface area contributed by atoms with Crippen molar-refractivity contribution < 1.29 is 9.18 Å². The van der Waals surface area contributed by atoms with Crippen molar-refractivity contribution in [1.29, 1.82) is 0 Å². The predicted molar refractivity (Wildman–Crippen MR) is 88.9 cm³/mol. The topological polar surface area (TPSA) is 54.3 Å². The summed E-state index contributed by atoms with van der Waals surface area (Å²) in [5.41, 5.74) is -0.582. The number of urea groups is 1. The molecule has 0 radical (unpaired) electrons. The number of piperidine rings is 1. The lowest BCUT2D eigenvalue weighted by Gasteiger charge is -2.45. The van der Waals surface area contributed by atoms with E-state index in [1.54, 1.807) is 11.0 Å². The molecule has 0 saturated carbocycles. The van der Waals surface area contributed by atoms with Gasteiger partial charge in [-0.05, 0) is 31.9 Å². The first-order chi connectivity index (χ1) is 11.4. The smallest absolute Gasteiger partial charge is 0.320 e. The summed E-state index contributed by atoms with van der Waals surface area (Å²) in [7, 11) is 0. The highest BCUT2D eigenvalue weighted by molar-refractivity contribution is 6.29. The van der Waals surface area contributed by atoms with Crippen LogP contribution in [0.5, 0.6) is 0 Å². The van der Waals surface area contributed by atoms with E-state index in [4.69, 9.17) is 11.6 Å². The zero-order valence-corrected chi connectivity index (χ0v) is 14.2. The van der Waals surface area contributed by atoms with Crippen LogP contribution in [0, 0.1) is 0 Å². The van der Waals surface area contributed by atoms with Gasteiger partial charge in [0.25, 0.3) is 0 Å². The maximum Gasteiger partial charge on any atom is 0.320 e. The number of alkyl halides is 1. The molecule has 6 nitrogen and oxygen atoms in total. The summed E-state index contributed by atoms with van der Waals surface area (Å²) >= 11 is 5.90. The number of carbonyl (C=O) groups excluding carboxylic acids is 1. The number of amides is 2. The number of hydrogen-bond acceptors (Lipinski definition) is 3.